The molecule has 1 fully saturated rings. The van der Waals surface area contributed by atoms with Gasteiger partial charge in [0, 0.05) is 11.3 Å². The average molecular weight is 267 g/mol. The normalized spacial score (nSPS) is 17.6. The zero-order valence-corrected chi connectivity index (χ0v) is 11.2. The van der Waals surface area contributed by atoms with Crippen LogP contribution in [-0.2, 0) is 0 Å². The van der Waals surface area contributed by atoms with E-state index in [0.717, 1.165) is 6.54 Å². The Labute approximate surface area is 110 Å². The van der Waals surface area contributed by atoms with Crippen LogP contribution in [-0.4, -0.2) is 38.6 Å². The van der Waals surface area contributed by atoms with Crippen molar-refractivity contribution in [2.75, 3.05) is 18.1 Å². The van der Waals surface area contributed by atoms with Crippen LogP contribution in [0, 0.1) is 0 Å². The largest absolute Gasteiger partial charge is 0.476 e. The maximum atomic E-state index is 10.8. The zero-order valence-electron chi connectivity index (χ0n) is 10.3. The molecule has 0 radical (unpaired) electrons. The Hall–Kier alpha value is -1.30. The number of thioether (sulfide) groups is 1. The van der Waals surface area contributed by atoms with Crippen LogP contribution in [0.5, 0.6) is 0 Å². The monoisotopic (exact) mass is 267 g/mol. The number of nitrogens with zero attached hydrogens (tertiary/aromatic N) is 2. The number of aromatic carboxylic acids is 1. The molecule has 0 amide bonds. The summed E-state index contributed by atoms with van der Waals surface area (Å²) in [6.45, 7) is 0.811. The summed E-state index contributed by atoms with van der Waals surface area (Å²) in [7, 11) is 0. The van der Waals surface area contributed by atoms with Gasteiger partial charge in [0.1, 0.15) is 5.82 Å². The molecule has 1 aliphatic carbocycles. The molecule has 1 aliphatic rings. The molecule has 0 atom stereocenters. The molecule has 1 saturated carbocycles. The Bertz CT molecular complexity index is 433. The summed E-state index contributed by atoms with van der Waals surface area (Å²) < 4.78 is 0.265. The summed E-state index contributed by atoms with van der Waals surface area (Å²) in [5, 5.41) is 12.1. The van der Waals surface area contributed by atoms with E-state index < -0.39 is 5.97 Å². The summed E-state index contributed by atoms with van der Waals surface area (Å²) in [5.74, 6) is -0.512. The van der Waals surface area contributed by atoms with Crippen molar-refractivity contribution in [3.63, 3.8) is 0 Å². The van der Waals surface area contributed by atoms with Gasteiger partial charge < -0.3 is 10.4 Å². The summed E-state index contributed by atoms with van der Waals surface area (Å²) in [4.78, 5) is 18.7. The number of carboxylic acids is 1. The van der Waals surface area contributed by atoms with Gasteiger partial charge in [-0.2, -0.15) is 11.8 Å². The molecule has 18 heavy (non-hydrogen) atoms. The summed E-state index contributed by atoms with van der Waals surface area (Å²) in [5.41, 5.74) is -0.0235. The summed E-state index contributed by atoms with van der Waals surface area (Å²) in [6.07, 6.45) is 9.89. The topological polar surface area (TPSA) is 75.1 Å². The highest BCUT2D eigenvalue weighted by Gasteiger charge is 2.32. The standard InChI is InChI=1S/C12H17N3O2S/c1-18-12(4-2-3-5-12)8-14-10-7-13-6-9(15-10)11(16)17/h6-7H,2-5,8H2,1H3,(H,14,15)(H,16,17). The maximum Gasteiger partial charge on any atom is 0.356 e. The van der Waals surface area contributed by atoms with Gasteiger partial charge in [-0.3, -0.25) is 4.98 Å². The van der Waals surface area contributed by atoms with E-state index in [0.29, 0.717) is 5.82 Å². The third-order valence-electron chi connectivity index (χ3n) is 3.39. The third kappa shape index (κ3) is 2.93. The molecular weight excluding hydrogens is 250 g/mol. The van der Waals surface area contributed by atoms with E-state index in [1.807, 2.05) is 11.8 Å². The lowest BCUT2D eigenvalue weighted by molar-refractivity contribution is 0.0690. The van der Waals surface area contributed by atoms with Crippen molar-refractivity contribution in [1.29, 1.82) is 0 Å². The van der Waals surface area contributed by atoms with Crippen LogP contribution in [0.25, 0.3) is 0 Å². The van der Waals surface area contributed by atoms with Crippen LogP contribution in [0.3, 0.4) is 0 Å². The summed E-state index contributed by atoms with van der Waals surface area (Å²) >= 11 is 1.88. The van der Waals surface area contributed by atoms with Gasteiger partial charge in [-0.25, -0.2) is 9.78 Å². The Kier molecular flexibility index (Phi) is 4.06. The fourth-order valence-electron chi connectivity index (χ4n) is 2.28. The molecule has 0 spiro atoms. The first-order valence-corrected chi connectivity index (χ1v) is 7.22. The van der Waals surface area contributed by atoms with E-state index >= 15 is 0 Å². The van der Waals surface area contributed by atoms with Crippen molar-refractivity contribution in [3.8, 4) is 0 Å². The molecule has 5 nitrogen and oxygen atoms in total. The van der Waals surface area contributed by atoms with Crippen LogP contribution in [0.4, 0.5) is 5.82 Å². The minimum Gasteiger partial charge on any atom is -0.476 e. The number of carbonyl (C=O) groups is 1. The average Bonchev–Trinajstić information content (AvgIpc) is 2.86. The van der Waals surface area contributed by atoms with Gasteiger partial charge in [0.15, 0.2) is 5.69 Å². The van der Waals surface area contributed by atoms with E-state index in [2.05, 4.69) is 21.5 Å². The highest BCUT2D eigenvalue weighted by Crippen LogP contribution is 2.40. The van der Waals surface area contributed by atoms with Crippen LogP contribution in [0.2, 0.25) is 0 Å². The van der Waals surface area contributed by atoms with E-state index in [1.165, 1.54) is 31.9 Å². The molecular formula is C12H17N3O2S. The number of anilines is 1. The van der Waals surface area contributed by atoms with E-state index in [-0.39, 0.29) is 10.4 Å². The van der Waals surface area contributed by atoms with Gasteiger partial charge in [-0.05, 0) is 19.1 Å². The fraction of sp³-hybridized carbons (Fsp3) is 0.583. The lowest BCUT2D eigenvalue weighted by Crippen LogP contribution is -2.30. The van der Waals surface area contributed by atoms with Gasteiger partial charge in [-0.1, -0.05) is 12.8 Å². The highest BCUT2D eigenvalue weighted by atomic mass is 32.2. The second-order valence-electron chi connectivity index (χ2n) is 4.54. The van der Waals surface area contributed by atoms with Gasteiger partial charge >= 0.3 is 5.97 Å². The maximum absolute atomic E-state index is 10.8. The van der Waals surface area contributed by atoms with Crippen molar-refractivity contribution < 1.29 is 9.90 Å². The third-order valence-corrected chi connectivity index (χ3v) is 4.81. The Morgan fingerprint density at radius 2 is 2.22 bits per heavy atom. The van der Waals surface area contributed by atoms with E-state index in [4.69, 9.17) is 5.11 Å². The van der Waals surface area contributed by atoms with Crippen molar-refractivity contribution in [3.05, 3.63) is 18.1 Å². The van der Waals surface area contributed by atoms with Crippen LogP contribution < -0.4 is 5.32 Å². The first-order valence-electron chi connectivity index (χ1n) is 6.00. The molecule has 0 saturated heterocycles. The van der Waals surface area contributed by atoms with Gasteiger partial charge in [-0.15, -0.1) is 0 Å². The smallest absolute Gasteiger partial charge is 0.356 e. The molecule has 0 bridgehead atoms. The molecule has 1 aromatic heterocycles. The molecule has 2 N–H and O–H groups in total. The summed E-state index contributed by atoms with van der Waals surface area (Å²) in [6, 6.07) is 0. The minimum atomic E-state index is -1.05. The first-order chi connectivity index (χ1) is 8.65. The zero-order chi connectivity index (χ0) is 13.0. The lowest BCUT2D eigenvalue weighted by Gasteiger charge is -2.27. The number of hydrogen-bond acceptors (Lipinski definition) is 5. The molecule has 0 aromatic carbocycles. The second-order valence-corrected chi connectivity index (χ2v) is 5.82. The highest BCUT2D eigenvalue weighted by molar-refractivity contribution is 8.00. The number of carboxylic acid groups (broad SMARTS) is 1. The SMILES string of the molecule is CSC1(CNc2cncc(C(=O)O)n2)CCCC1. The van der Waals surface area contributed by atoms with E-state index in [1.54, 1.807) is 6.20 Å². The van der Waals surface area contributed by atoms with Gasteiger partial charge in [0.2, 0.25) is 0 Å². The lowest BCUT2D eigenvalue weighted by atomic mass is 10.1. The van der Waals surface area contributed by atoms with Crippen molar-refractivity contribution in [2.45, 2.75) is 30.4 Å². The van der Waals surface area contributed by atoms with Crippen molar-refractivity contribution in [1.82, 2.24) is 9.97 Å². The number of rotatable bonds is 5. The molecule has 2 rings (SSSR count). The predicted octanol–water partition coefficient (Wildman–Crippen LogP) is 2.26. The molecule has 98 valence electrons. The van der Waals surface area contributed by atoms with Crippen LogP contribution >= 0.6 is 11.8 Å². The minimum absolute atomic E-state index is 0.0235. The molecule has 0 aliphatic heterocycles. The van der Waals surface area contributed by atoms with Crippen molar-refractivity contribution >= 4 is 23.5 Å². The molecule has 1 heterocycles. The van der Waals surface area contributed by atoms with Crippen LogP contribution in [0.1, 0.15) is 36.2 Å². The Balaban J connectivity index is 2.01. The molecule has 1 aromatic rings. The molecule has 0 unspecified atom stereocenters. The van der Waals surface area contributed by atoms with Gasteiger partial charge in [0.05, 0.1) is 12.4 Å². The predicted molar refractivity (Wildman–Crippen MR) is 72.2 cm³/mol. The van der Waals surface area contributed by atoms with Gasteiger partial charge in [0.25, 0.3) is 0 Å². The molecule has 6 heteroatoms. The quantitative estimate of drug-likeness (QED) is 0.852. The number of nitrogens with one attached hydrogen (secondary N) is 1. The van der Waals surface area contributed by atoms with E-state index in [9.17, 15) is 4.79 Å². The fourth-order valence-corrected chi connectivity index (χ4v) is 3.19. The number of aromatic nitrogens is 2. The Morgan fingerprint density at radius 3 is 2.83 bits per heavy atom. The number of hydrogen-bond donors (Lipinski definition) is 2. The second kappa shape index (κ2) is 5.56. The van der Waals surface area contributed by atoms with Crippen molar-refractivity contribution in [2.24, 2.45) is 0 Å². The van der Waals surface area contributed by atoms with Crippen LogP contribution in [0.15, 0.2) is 12.4 Å². The Morgan fingerprint density at radius 1 is 1.50 bits per heavy atom. The first kappa shape index (κ1) is 13.1.